The summed E-state index contributed by atoms with van der Waals surface area (Å²) in [5.74, 6) is 0.830. The highest BCUT2D eigenvalue weighted by atomic mass is 35.5. The molecule has 0 aliphatic heterocycles. The van der Waals surface area contributed by atoms with Crippen molar-refractivity contribution in [3.8, 4) is 5.75 Å². The molecular formula is C19H26Cl3N3O2. The second-order valence-electron chi connectivity index (χ2n) is 5.80. The topological polar surface area (TPSA) is 77.7 Å². The first-order valence-corrected chi connectivity index (χ1v) is 8.58. The van der Waals surface area contributed by atoms with Crippen molar-refractivity contribution in [3.63, 3.8) is 0 Å². The van der Waals surface area contributed by atoms with Crippen molar-refractivity contribution in [1.29, 1.82) is 0 Å². The Kier molecular flexibility index (Phi) is 11.4. The maximum Gasteiger partial charge on any atom is 0.119 e. The average molecular weight is 435 g/mol. The van der Waals surface area contributed by atoms with E-state index < -0.39 is 0 Å². The van der Waals surface area contributed by atoms with Crippen molar-refractivity contribution in [3.05, 3.63) is 42.5 Å². The van der Waals surface area contributed by atoms with Gasteiger partial charge in [0.25, 0.3) is 0 Å². The molecule has 0 saturated carbocycles. The maximum absolute atomic E-state index is 5.96. The minimum absolute atomic E-state index is 0. The molecule has 0 amide bonds. The largest absolute Gasteiger partial charge is 0.497 e. The third kappa shape index (κ3) is 6.26. The van der Waals surface area contributed by atoms with E-state index in [0.717, 1.165) is 52.9 Å². The summed E-state index contributed by atoms with van der Waals surface area (Å²) in [4.78, 5) is 4.75. The lowest BCUT2D eigenvalue weighted by Gasteiger charge is -2.14. The van der Waals surface area contributed by atoms with Crippen LogP contribution in [0.25, 0.3) is 21.8 Å². The number of anilines is 1. The fourth-order valence-corrected chi connectivity index (χ4v) is 2.87. The Morgan fingerprint density at radius 1 is 1.04 bits per heavy atom. The molecule has 0 saturated heterocycles. The van der Waals surface area contributed by atoms with E-state index in [1.165, 1.54) is 0 Å². The zero-order valence-corrected chi connectivity index (χ0v) is 17.7. The number of nitrogens with one attached hydrogen (secondary N) is 2. The Hall–Kier alpha value is -1.50. The van der Waals surface area contributed by atoms with Gasteiger partial charge in [-0.2, -0.15) is 0 Å². The molecule has 150 valence electrons. The summed E-state index contributed by atoms with van der Waals surface area (Å²) in [6.07, 6.45) is 0. The molecule has 0 aliphatic carbocycles. The standard InChI is InChI=1S/C19H22ClN3O.2ClH.H2O/c1-13(20)12-21-9-10-22-19-15-5-3-4-6-17(15)23-18-8-7-14(24-2)11-16(18)19;;;/h3-8,11,13,21H,9-10,12H2,1-2H3,(H,22,23);2*1H;1H2. The summed E-state index contributed by atoms with van der Waals surface area (Å²) in [5.41, 5.74) is 3.04. The lowest BCUT2D eigenvalue weighted by atomic mass is 10.1. The quantitative estimate of drug-likeness (QED) is 0.334. The maximum atomic E-state index is 5.96. The third-order valence-electron chi connectivity index (χ3n) is 3.92. The van der Waals surface area contributed by atoms with Crippen molar-refractivity contribution in [2.45, 2.75) is 12.3 Å². The highest BCUT2D eigenvalue weighted by Gasteiger charge is 2.09. The lowest BCUT2D eigenvalue weighted by Crippen LogP contribution is -2.27. The van der Waals surface area contributed by atoms with Crippen LogP contribution < -0.4 is 15.4 Å². The van der Waals surface area contributed by atoms with Crippen LogP contribution in [-0.4, -0.2) is 42.6 Å². The Bertz CT molecular complexity index is 847. The molecule has 27 heavy (non-hydrogen) atoms. The number of ether oxygens (including phenoxy) is 1. The van der Waals surface area contributed by atoms with Crippen LogP contribution in [0, 0.1) is 0 Å². The van der Waals surface area contributed by atoms with Crippen LogP contribution in [0.2, 0.25) is 0 Å². The summed E-state index contributed by atoms with van der Waals surface area (Å²) in [6, 6.07) is 14.2. The zero-order valence-electron chi connectivity index (χ0n) is 15.3. The molecule has 3 rings (SSSR count). The Balaban J connectivity index is 0.00000225. The first-order valence-electron chi connectivity index (χ1n) is 8.14. The molecule has 8 heteroatoms. The minimum atomic E-state index is 0. The number of pyridine rings is 1. The molecule has 0 radical (unpaired) electrons. The first-order chi connectivity index (χ1) is 11.7. The normalized spacial score (nSPS) is 11.1. The van der Waals surface area contributed by atoms with Gasteiger partial charge >= 0.3 is 0 Å². The van der Waals surface area contributed by atoms with Crippen molar-refractivity contribution >= 4 is 63.9 Å². The molecule has 4 N–H and O–H groups in total. The molecule has 3 aromatic rings. The van der Waals surface area contributed by atoms with E-state index in [1.807, 2.05) is 43.3 Å². The van der Waals surface area contributed by atoms with Crippen LogP contribution in [0.4, 0.5) is 5.69 Å². The van der Waals surface area contributed by atoms with E-state index in [2.05, 4.69) is 16.7 Å². The molecule has 1 atom stereocenters. The van der Waals surface area contributed by atoms with Crippen molar-refractivity contribution in [1.82, 2.24) is 10.3 Å². The molecule has 0 bridgehead atoms. The van der Waals surface area contributed by atoms with Gasteiger partial charge in [0.15, 0.2) is 0 Å². The second-order valence-corrected chi connectivity index (χ2v) is 6.54. The van der Waals surface area contributed by atoms with E-state index in [-0.39, 0.29) is 35.7 Å². The van der Waals surface area contributed by atoms with Gasteiger partial charge in [-0.05, 0) is 31.2 Å². The minimum Gasteiger partial charge on any atom is -0.497 e. The van der Waals surface area contributed by atoms with E-state index in [9.17, 15) is 0 Å². The van der Waals surface area contributed by atoms with Crippen LogP contribution in [0.15, 0.2) is 42.5 Å². The van der Waals surface area contributed by atoms with Crippen LogP contribution >= 0.6 is 36.4 Å². The average Bonchev–Trinajstić information content (AvgIpc) is 2.60. The molecule has 1 heterocycles. The fraction of sp³-hybridized carbons (Fsp3) is 0.316. The van der Waals surface area contributed by atoms with E-state index in [1.54, 1.807) is 7.11 Å². The van der Waals surface area contributed by atoms with Gasteiger partial charge in [-0.25, -0.2) is 4.98 Å². The predicted octanol–water partition coefficient (Wildman–Crippen LogP) is 4.04. The van der Waals surface area contributed by atoms with Gasteiger partial charge in [0.05, 0.1) is 23.8 Å². The molecule has 0 spiro atoms. The van der Waals surface area contributed by atoms with Gasteiger partial charge in [0.1, 0.15) is 5.75 Å². The van der Waals surface area contributed by atoms with Gasteiger partial charge in [0.2, 0.25) is 0 Å². The van der Waals surface area contributed by atoms with E-state index in [4.69, 9.17) is 21.3 Å². The monoisotopic (exact) mass is 433 g/mol. The number of hydrogen-bond acceptors (Lipinski definition) is 4. The summed E-state index contributed by atoms with van der Waals surface area (Å²) in [6.45, 7) is 4.44. The number of fused-ring (bicyclic) bond motifs is 2. The second kappa shape index (κ2) is 12.1. The van der Waals surface area contributed by atoms with Gasteiger partial charge in [-0.1, -0.05) is 18.2 Å². The SMILES string of the molecule is COc1ccc2nc3ccccc3c(NCCNCC(C)Cl)c2c1.Cl.Cl.O. The molecule has 1 aromatic heterocycles. The van der Waals surface area contributed by atoms with Gasteiger partial charge in [0, 0.05) is 35.8 Å². The molecule has 1 unspecified atom stereocenters. The molecule has 0 aliphatic rings. The number of methoxy groups -OCH3 is 1. The predicted molar refractivity (Wildman–Crippen MR) is 121 cm³/mol. The van der Waals surface area contributed by atoms with Crippen molar-refractivity contribution in [2.24, 2.45) is 0 Å². The highest BCUT2D eigenvalue weighted by Crippen LogP contribution is 2.32. The van der Waals surface area contributed by atoms with Crippen LogP contribution in [0.1, 0.15) is 6.92 Å². The molecule has 2 aromatic carbocycles. The fourth-order valence-electron chi connectivity index (χ4n) is 2.76. The summed E-state index contributed by atoms with van der Waals surface area (Å²) in [5, 5.41) is 9.21. The summed E-state index contributed by atoms with van der Waals surface area (Å²) < 4.78 is 5.38. The van der Waals surface area contributed by atoms with E-state index in [0.29, 0.717) is 0 Å². The molecular weight excluding hydrogens is 409 g/mol. The Morgan fingerprint density at radius 3 is 2.44 bits per heavy atom. The lowest BCUT2D eigenvalue weighted by molar-refractivity contribution is 0.415. The zero-order chi connectivity index (χ0) is 16.9. The number of para-hydroxylation sites is 1. The summed E-state index contributed by atoms with van der Waals surface area (Å²) >= 11 is 5.96. The number of aromatic nitrogens is 1. The number of benzene rings is 2. The molecule has 5 nitrogen and oxygen atoms in total. The van der Waals surface area contributed by atoms with E-state index >= 15 is 0 Å². The van der Waals surface area contributed by atoms with Crippen molar-refractivity contribution in [2.75, 3.05) is 32.1 Å². The number of alkyl halides is 1. The van der Waals surface area contributed by atoms with Crippen LogP contribution in [0.3, 0.4) is 0 Å². The number of rotatable bonds is 7. The van der Waals surface area contributed by atoms with Gasteiger partial charge < -0.3 is 20.8 Å². The highest BCUT2D eigenvalue weighted by molar-refractivity contribution is 6.20. The van der Waals surface area contributed by atoms with Crippen LogP contribution in [-0.2, 0) is 0 Å². The van der Waals surface area contributed by atoms with Gasteiger partial charge in [-0.15, -0.1) is 36.4 Å². The summed E-state index contributed by atoms with van der Waals surface area (Å²) in [7, 11) is 1.68. The number of nitrogens with zero attached hydrogens (tertiary/aromatic N) is 1. The van der Waals surface area contributed by atoms with Crippen molar-refractivity contribution < 1.29 is 10.2 Å². The third-order valence-corrected chi connectivity index (χ3v) is 4.07. The number of halogens is 3. The Morgan fingerprint density at radius 2 is 1.74 bits per heavy atom. The smallest absolute Gasteiger partial charge is 0.119 e. The first kappa shape index (κ1) is 25.5. The van der Waals surface area contributed by atoms with Gasteiger partial charge in [-0.3, -0.25) is 0 Å². The molecule has 0 fully saturated rings. The number of hydrogen-bond donors (Lipinski definition) is 2. The Labute approximate surface area is 177 Å². The van der Waals surface area contributed by atoms with Crippen LogP contribution in [0.5, 0.6) is 5.75 Å².